The third-order valence-electron chi connectivity index (χ3n) is 6.18. The number of hydrogen-bond donors (Lipinski definition) is 2. The SMILES string of the molecule is Cc1ccccc1-c1nc(NS(=O)(=O)c2cccc(N3CCC(C)(C(=O)O)CC3)n2)ccc1Cl. The number of rotatable bonds is 6. The molecule has 0 atom stereocenters. The molecule has 2 N–H and O–H groups in total. The van der Waals surface area contributed by atoms with Crippen LogP contribution in [-0.2, 0) is 14.8 Å². The molecule has 1 fully saturated rings. The molecule has 3 heterocycles. The number of hydrogen-bond acceptors (Lipinski definition) is 6. The maximum absolute atomic E-state index is 13.1. The predicted octanol–water partition coefficient (Wildman–Crippen LogP) is 4.60. The Labute approximate surface area is 203 Å². The highest BCUT2D eigenvalue weighted by molar-refractivity contribution is 7.92. The minimum atomic E-state index is -4.02. The Morgan fingerprint density at radius 3 is 2.44 bits per heavy atom. The molecule has 1 saturated heterocycles. The van der Waals surface area contributed by atoms with Gasteiger partial charge in [-0.05, 0) is 56.5 Å². The van der Waals surface area contributed by atoms with Gasteiger partial charge >= 0.3 is 5.97 Å². The van der Waals surface area contributed by atoms with E-state index in [4.69, 9.17) is 11.6 Å². The first-order valence-corrected chi connectivity index (χ1v) is 12.7. The van der Waals surface area contributed by atoms with Crippen LogP contribution in [0.4, 0.5) is 11.6 Å². The lowest BCUT2D eigenvalue weighted by Gasteiger charge is -2.37. The Morgan fingerprint density at radius 1 is 1.06 bits per heavy atom. The van der Waals surface area contributed by atoms with Crippen molar-refractivity contribution in [3.63, 3.8) is 0 Å². The molecule has 1 aliphatic heterocycles. The molecule has 0 amide bonds. The summed E-state index contributed by atoms with van der Waals surface area (Å²) in [4.78, 5) is 22.2. The Kier molecular flexibility index (Phi) is 6.51. The van der Waals surface area contributed by atoms with Gasteiger partial charge in [-0.15, -0.1) is 0 Å². The zero-order chi connectivity index (χ0) is 24.5. The number of carboxylic acid groups (broad SMARTS) is 1. The van der Waals surface area contributed by atoms with Gasteiger partial charge in [-0.2, -0.15) is 8.42 Å². The summed E-state index contributed by atoms with van der Waals surface area (Å²) in [5.74, 6) is -0.203. The van der Waals surface area contributed by atoms with Gasteiger partial charge in [0.25, 0.3) is 10.0 Å². The van der Waals surface area contributed by atoms with E-state index in [2.05, 4.69) is 14.7 Å². The minimum Gasteiger partial charge on any atom is -0.481 e. The van der Waals surface area contributed by atoms with Crippen molar-refractivity contribution in [3.05, 3.63) is 65.2 Å². The number of sulfonamides is 1. The molecule has 0 unspecified atom stereocenters. The van der Waals surface area contributed by atoms with Gasteiger partial charge in [0, 0.05) is 18.7 Å². The van der Waals surface area contributed by atoms with E-state index in [9.17, 15) is 18.3 Å². The molecule has 0 bridgehead atoms. The lowest BCUT2D eigenvalue weighted by molar-refractivity contribution is -0.149. The molecule has 0 aliphatic carbocycles. The molecule has 34 heavy (non-hydrogen) atoms. The van der Waals surface area contributed by atoms with Gasteiger partial charge in [0.15, 0.2) is 5.03 Å². The van der Waals surface area contributed by atoms with E-state index in [1.807, 2.05) is 36.1 Å². The lowest BCUT2D eigenvalue weighted by Crippen LogP contribution is -2.43. The molecule has 2 aromatic heterocycles. The molecule has 1 aromatic carbocycles. The van der Waals surface area contributed by atoms with Gasteiger partial charge in [0.2, 0.25) is 0 Å². The fourth-order valence-corrected chi connectivity index (χ4v) is 5.06. The van der Waals surface area contributed by atoms with Crippen LogP contribution >= 0.6 is 11.6 Å². The van der Waals surface area contributed by atoms with Crippen molar-refractivity contribution in [2.75, 3.05) is 22.7 Å². The van der Waals surface area contributed by atoms with E-state index in [1.165, 1.54) is 12.1 Å². The van der Waals surface area contributed by atoms with Gasteiger partial charge in [-0.3, -0.25) is 9.52 Å². The second kappa shape index (κ2) is 9.23. The maximum Gasteiger partial charge on any atom is 0.309 e. The number of carbonyl (C=O) groups is 1. The van der Waals surface area contributed by atoms with Crippen LogP contribution in [0.1, 0.15) is 25.3 Å². The van der Waals surface area contributed by atoms with E-state index in [1.54, 1.807) is 25.1 Å². The molecule has 10 heteroatoms. The minimum absolute atomic E-state index is 0.130. The van der Waals surface area contributed by atoms with E-state index in [-0.39, 0.29) is 10.8 Å². The summed E-state index contributed by atoms with van der Waals surface area (Å²) in [7, 11) is -4.02. The van der Waals surface area contributed by atoms with Crippen molar-refractivity contribution in [3.8, 4) is 11.3 Å². The Bertz CT molecular complexity index is 1340. The Balaban J connectivity index is 1.57. The second-order valence-electron chi connectivity index (χ2n) is 8.63. The normalized spacial score (nSPS) is 15.7. The van der Waals surface area contributed by atoms with Gasteiger partial charge in [-0.25, -0.2) is 9.97 Å². The zero-order valence-electron chi connectivity index (χ0n) is 18.8. The highest BCUT2D eigenvalue weighted by Crippen LogP contribution is 2.33. The first kappa shape index (κ1) is 24.0. The molecule has 178 valence electrons. The smallest absolute Gasteiger partial charge is 0.309 e. The number of pyridine rings is 2. The molecule has 3 aromatic rings. The predicted molar refractivity (Wildman–Crippen MR) is 132 cm³/mol. The van der Waals surface area contributed by atoms with Crippen molar-refractivity contribution in [1.82, 2.24) is 9.97 Å². The van der Waals surface area contributed by atoms with E-state index in [0.29, 0.717) is 42.5 Å². The van der Waals surface area contributed by atoms with Gasteiger partial charge < -0.3 is 10.0 Å². The first-order valence-electron chi connectivity index (χ1n) is 10.8. The third-order valence-corrected chi connectivity index (χ3v) is 7.74. The number of carboxylic acids is 1. The van der Waals surface area contributed by atoms with E-state index >= 15 is 0 Å². The number of anilines is 2. The average molecular weight is 501 g/mol. The molecule has 0 spiro atoms. The summed E-state index contributed by atoms with van der Waals surface area (Å²) < 4.78 is 28.7. The van der Waals surface area contributed by atoms with Crippen LogP contribution in [0.2, 0.25) is 5.02 Å². The van der Waals surface area contributed by atoms with Crippen LogP contribution in [0, 0.1) is 12.3 Å². The number of benzene rings is 1. The lowest BCUT2D eigenvalue weighted by atomic mass is 9.80. The molecular formula is C24H25ClN4O4S. The van der Waals surface area contributed by atoms with Crippen LogP contribution < -0.4 is 9.62 Å². The Hall–Kier alpha value is -3.17. The van der Waals surface area contributed by atoms with E-state index < -0.39 is 21.4 Å². The monoisotopic (exact) mass is 500 g/mol. The third kappa shape index (κ3) is 4.85. The maximum atomic E-state index is 13.1. The summed E-state index contributed by atoms with van der Waals surface area (Å²) in [6.45, 7) is 4.62. The van der Waals surface area contributed by atoms with Gasteiger partial charge in [0.05, 0.1) is 16.1 Å². The van der Waals surface area contributed by atoms with Crippen molar-refractivity contribution in [2.45, 2.75) is 31.7 Å². The highest BCUT2D eigenvalue weighted by Gasteiger charge is 2.37. The number of aliphatic carboxylic acids is 1. The molecule has 0 saturated carbocycles. The number of nitrogens with one attached hydrogen (secondary N) is 1. The average Bonchev–Trinajstić information content (AvgIpc) is 2.81. The van der Waals surface area contributed by atoms with Crippen LogP contribution in [0.3, 0.4) is 0 Å². The molecular weight excluding hydrogens is 476 g/mol. The zero-order valence-corrected chi connectivity index (χ0v) is 20.4. The number of nitrogens with zero attached hydrogens (tertiary/aromatic N) is 3. The van der Waals surface area contributed by atoms with Crippen molar-refractivity contribution in [1.29, 1.82) is 0 Å². The standard InChI is InChI=1S/C24H25ClN4O4S/c1-16-6-3-4-7-17(16)22-18(25)10-11-19(26-22)28-34(32,33)21-9-5-8-20(27-21)29-14-12-24(2,13-15-29)23(30)31/h3-11H,12-15H2,1-2H3,(H,26,28)(H,30,31). The fourth-order valence-electron chi connectivity index (χ4n) is 3.89. The molecule has 8 nitrogen and oxygen atoms in total. The summed E-state index contributed by atoms with van der Waals surface area (Å²) >= 11 is 6.34. The number of piperidine rings is 1. The molecule has 0 radical (unpaired) electrons. The summed E-state index contributed by atoms with van der Waals surface area (Å²) in [5.41, 5.74) is 1.48. The molecule has 4 rings (SSSR count). The summed E-state index contributed by atoms with van der Waals surface area (Å²) in [5, 5.41) is 9.70. The van der Waals surface area contributed by atoms with Crippen LogP contribution in [0.25, 0.3) is 11.3 Å². The highest BCUT2D eigenvalue weighted by atomic mass is 35.5. The Morgan fingerprint density at radius 2 is 1.76 bits per heavy atom. The number of aromatic nitrogens is 2. The number of aryl methyl sites for hydroxylation is 1. The summed E-state index contributed by atoms with van der Waals surface area (Å²) in [6.07, 6.45) is 0.908. The molecule has 1 aliphatic rings. The second-order valence-corrected chi connectivity index (χ2v) is 10.7. The quantitative estimate of drug-likeness (QED) is 0.508. The fraction of sp³-hybridized carbons (Fsp3) is 0.292. The summed E-state index contributed by atoms with van der Waals surface area (Å²) in [6, 6.07) is 15.4. The van der Waals surface area contributed by atoms with Crippen LogP contribution in [0.15, 0.2) is 59.6 Å². The van der Waals surface area contributed by atoms with Gasteiger partial charge in [0.1, 0.15) is 11.6 Å². The van der Waals surface area contributed by atoms with Gasteiger partial charge in [-0.1, -0.05) is 41.9 Å². The first-order chi connectivity index (χ1) is 16.1. The largest absolute Gasteiger partial charge is 0.481 e. The van der Waals surface area contributed by atoms with Crippen LogP contribution in [-0.4, -0.2) is 42.6 Å². The van der Waals surface area contributed by atoms with Crippen molar-refractivity contribution in [2.24, 2.45) is 5.41 Å². The van der Waals surface area contributed by atoms with E-state index in [0.717, 1.165) is 11.1 Å². The van der Waals surface area contributed by atoms with Crippen molar-refractivity contribution >= 4 is 39.2 Å². The topological polar surface area (TPSA) is 112 Å². The van der Waals surface area contributed by atoms with Crippen molar-refractivity contribution < 1.29 is 18.3 Å². The van der Waals surface area contributed by atoms with Crippen LogP contribution in [0.5, 0.6) is 0 Å². The number of halogens is 1.